The summed E-state index contributed by atoms with van der Waals surface area (Å²) in [5.74, 6) is 0. The summed E-state index contributed by atoms with van der Waals surface area (Å²) in [7, 11) is 1.93. The Hall–Kier alpha value is -0.0400. The highest BCUT2D eigenvalue weighted by Crippen LogP contribution is 1.76. The van der Waals surface area contributed by atoms with E-state index in [1.54, 1.807) is 0 Å². The first-order valence-electron chi connectivity index (χ1n) is 6.47. The summed E-state index contributed by atoms with van der Waals surface area (Å²) >= 11 is 0. The Balaban J connectivity index is -0.0000000255. The molecule has 1 heteroatoms. The van der Waals surface area contributed by atoms with Crippen LogP contribution in [0.15, 0.2) is 0 Å². The average molecular weight is 207 g/mol. The lowest BCUT2D eigenvalue weighted by atomic mass is 10.4. The third-order valence-corrected chi connectivity index (χ3v) is 0.854. The van der Waals surface area contributed by atoms with E-state index in [-0.39, 0.29) is 0 Å². The van der Waals surface area contributed by atoms with Crippen LogP contribution in [0, 0.1) is 0 Å². The highest BCUT2D eigenvalue weighted by Gasteiger charge is 1.56. The van der Waals surface area contributed by atoms with Crippen LogP contribution in [0.1, 0.15) is 75.2 Å². The van der Waals surface area contributed by atoms with E-state index >= 15 is 0 Å². The van der Waals surface area contributed by atoms with Crippen LogP contribution < -0.4 is 5.32 Å². The molecule has 1 N–H and O–H groups in total. The van der Waals surface area contributed by atoms with Gasteiger partial charge in [-0.05, 0) is 13.6 Å². The molecule has 0 aliphatic rings. The Bertz CT molecular complexity index is 13.2. The van der Waals surface area contributed by atoms with Crippen molar-refractivity contribution >= 4 is 0 Å². The lowest BCUT2D eigenvalue weighted by Gasteiger charge is -1.76. The Kier molecular flexibility index (Phi) is 247. The SMILES string of the molecule is CC.CC.CC.CCCC.CCNC. The second-order valence-electron chi connectivity index (χ2n) is 1.71. The van der Waals surface area contributed by atoms with Crippen molar-refractivity contribution < 1.29 is 0 Å². The van der Waals surface area contributed by atoms with Crippen LogP contribution in [0.4, 0.5) is 0 Å². The van der Waals surface area contributed by atoms with Crippen molar-refractivity contribution in [3.63, 3.8) is 0 Å². The van der Waals surface area contributed by atoms with Gasteiger partial charge >= 0.3 is 0 Å². The van der Waals surface area contributed by atoms with Crippen molar-refractivity contribution in [1.29, 1.82) is 0 Å². The van der Waals surface area contributed by atoms with Crippen LogP contribution in [0.5, 0.6) is 0 Å². The maximum absolute atomic E-state index is 2.93. The molecule has 14 heavy (non-hydrogen) atoms. The third-order valence-electron chi connectivity index (χ3n) is 0.854. The molecule has 0 fully saturated rings. The van der Waals surface area contributed by atoms with Crippen LogP contribution in [0.2, 0.25) is 0 Å². The highest BCUT2D eigenvalue weighted by atomic mass is 14.8. The highest BCUT2D eigenvalue weighted by molar-refractivity contribution is 4.15. The molecule has 0 unspecified atom stereocenters. The molecule has 0 bridgehead atoms. The summed E-state index contributed by atoms with van der Waals surface area (Å²) in [6, 6.07) is 0. The topological polar surface area (TPSA) is 12.0 Å². The Morgan fingerprint density at radius 3 is 0.786 bits per heavy atom. The van der Waals surface area contributed by atoms with Gasteiger partial charge < -0.3 is 5.32 Å². The molecule has 0 saturated carbocycles. The maximum atomic E-state index is 2.93. The molecular weight excluding hydrogens is 170 g/mol. The van der Waals surface area contributed by atoms with Crippen molar-refractivity contribution in [1.82, 2.24) is 5.32 Å². The molecule has 0 saturated heterocycles. The van der Waals surface area contributed by atoms with Gasteiger partial charge in [-0.2, -0.15) is 0 Å². The van der Waals surface area contributed by atoms with E-state index in [4.69, 9.17) is 0 Å². The summed E-state index contributed by atoms with van der Waals surface area (Å²) < 4.78 is 0. The fraction of sp³-hybridized carbons (Fsp3) is 1.00. The monoisotopic (exact) mass is 207 g/mol. The standard InChI is InChI=1S/C4H10.C3H9N.3C2H6/c2*1-3-4-2;3*1-2/h3-4H2,1-2H3;4H,3H2,1-2H3;3*1-2H3. The first-order chi connectivity index (χ1) is 6.83. The Morgan fingerprint density at radius 2 is 0.786 bits per heavy atom. The van der Waals surface area contributed by atoms with Crippen molar-refractivity contribution in [2.45, 2.75) is 75.2 Å². The van der Waals surface area contributed by atoms with Crippen molar-refractivity contribution in [2.75, 3.05) is 13.6 Å². The van der Waals surface area contributed by atoms with E-state index < -0.39 is 0 Å². The quantitative estimate of drug-likeness (QED) is 0.663. The van der Waals surface area contributed by atoms with E-state index in [1.165, 1.54) is 12.8 Å². The zero-order valence-corrected chi connectivity index (χ0v) is 12.6. The van der Waals surface area contributed by atoms with Gasteiger partial charge in [0.1, 0.15) is 0 Å². The Labute approximate surface area is 94.7 Å². The lowest BCUT2D eigenvalue weighted by molar-refractivity contribution is 0.864. The maximum Gasteiger partial charge on any atom is -0.00804 e. The average Bonchev–Trinajstić information content (AvgIpc) is 2.36. The molecule has 0 atom stereocenters. The molecule has 0 rings (SSSR count). The van der Waals surface area contributed by atoms with E-state index in [1.807, 2.05) is 48.6 Å². The normalized spacial score (nSPS) is 5.57. The van der Waals surface area contributed by atoms with Gasteiger partial charge in [0.2, 0.25) is 0 Å². The summed E-state index contributed by atoms with van der Waals surface area (Å²) in [6.07, 6.45) is 2.64. The van der Waals surface area contributed by atoms with E-state index in [0.29, 0.717) is 0 Å². The van der Waals surface area contributed by atoms with Gasteiger partial charge in [0.25, 0.3) is 0 Å². The molecule has 0 amide bonds. The molecule has 0 radical (unpaired) electrons. The predicted molar refractivity (Wildman–Crippen MR) is 74.2 cm³/mol. The molecule has 0 aliphatic heterocycles. The molecule has 94 valence electrons. The van der Waals surface area contributed by atoms with Crippen molar-refractivity contribution in [3.8, 4) is 0 Å². The number of rotatable bonds is 2. The molecule has 1 nitrogen and oxygen atoms in total. The zero-order chi connectivity index (χ0) is 12.8. The summed E-state index contributed by atoms with van der Waals surface area (Å²) in [5.41, 5.74) is 0. The summed E-state index contributed by atoms with van der Waals surface area (Å²) in [6.45, 7) is 19.5. The van der Waals surface area contributed by atoms with Gasteiger partial charge in [0, 0.05) is 0 Å². The molecule has 0 aromatic heterocycles. The summed E-state index contributed by atoms with van der Waals surface area (Å²) in [5, 5.41) is 2.93. The fourth-order valence-electron chi connectivity index (χ4n) is 0. The van der Waals surface area contributed by atoms with Crippen molar-refractivity contribution in [3.05, 3.63) is 0 Å². The lowest BCUT2D eigenvalue weighted by Crippen LogP contribution is -2.01. The first kappa shape index (κ1) is 29.2. The number of hydrogen-bond donors (Lipinski definition) is 1. The van der Waals surface area contributed by atoms with E-state index in [2.05, 4.69) is 26.1 Å². The summed E-state index contributed by atoms with van der Waals surface area (Å²) in [4.78, 5) is 0. The number of nitrogens with one attached hydrogen (secondary N) is 1. The number of hydrogen-bond acceptors (Lipinski definition) is 1. The molecular formula is C13H37N. The predicted octanol–water partition coefficient (Wildman–Crippen LogP) is 5.11. The van der Waals surface area contributed by atoms with Gasteiger partial charge in [-0.3, -0.25) is 0 Å². The molecule has 0 aromatic carbocycles. The van der Waals surface area contributed by atoms with Crippen LogP contribution >= 0.6 is 0 Å². The Morgan fingerprint density at radius 1 is 0.643 bits per heavy atom. The van der Waals surface area contributed by atoms with Gasteiger partial charge in [-0.25, -0.2) is 0 Å². The van der Waals surface area contributed by atoms with Gasteiger partial charge in [-0.15, -0.1) is 0 Å². The van der Waals surface area contributed by atoms with E-state index in [9.17, 15) is 0 Å². The minimum Gasteiger partial charge on any atom is -0.320 e. The van der Waals surface area contributed by atoms with Crippen molar-refractivity contribution in [2.24, 2.45) is 0 Å². The van der Waals surface area contributed by atoms with Crippen LogP contribution in [-0.4, -0.2) is 13.6 Å². The van der Waals surface area contributed by atoms with Crippen LogP contribution in [0.25, 0.3) is 0 Å². The number of unbranched alkanes of at least 4 members (excludes halogenated alkanes) is 1. The smallest absolute Gasteiger partial charge is 0.00804 e. The second-order valence-corrected chi connectivity index (χ2v) is 1.71. The molecule has 0 aliphatic carbocycles. The fourth-order valence-corrected chi connectivity index (χ4v) is 0. The zero-order valence-electron chi connectivity index (χ0n) is 12.6. The molecule has 0 heterocycles. The second kappa shape index (κ2) is 118. The first-order valence-corrected chi connectivity index (χ1v) is 6.47. The largest absolute Gasteiger partial charge is 0.320 e. The van der Waals surface area contributed by atoms with Crippen LogP contribution in [0.3, 0.4) is 0 Å². The molecule has 0 spiro atoms. The minimum atomic E-state index is 1.07. The molecule has 0 aromatic rings. The van der Waals surface area contributed by atoms with Gasteiger partial charge in [-0.1, -0.05) is 75.2 Å². The van der Waals surface area contributed by atoms with Crippen LogP contribution in [-0.2, 0) is 0 Å². The van der Waals surface area contributed by atoms with Gasteiger partial charge in [0.15, 0.2) is 0 Å². The minimum absolute atomic E-state index is 1.07. The van der Waals surface area contributed by atoms with E-state index in [0.717, 1.165) is 6.54 Å². The third kappa shape index (κ3) is 374. The van der Waals surface area contributed by atoms with Gasteiger partial charge in [0.05, 0.1) is 0 Å².